The number of hydrogen-bond acceptors (Lipinski definition) is 3. The van der Waals surface area contributed by atoms with Crippen molar-refractivity contribution in [3.8, 4) is 0 Å². The molecule has 1 fully saturated rings. The molecule has 0 amide bonds. The van der Waals surface area contributed by atoms with Crippen LogP contribution in [0, 0.1) is 25.5 Å². The third kappa shape index (κ3) is 5.37. The number of hydrogen-bond donors (Lipinski definition) is 1. The first-order chi connectivity index (χ1) is 13.4. The Balaban J connectivity index is 0.00000300. The summed E-state index contributed by atoms with van der Waals surface area (Å²) in [5.74, 6) is 0.0235. The van der Waals surface area contributed by atoms with E-state index in [1.54, 1.807) is 7.05 Å². The molecular weight excluding hydrogens is 489 g/mol. The van der Waals surface area contributed by atoms with Crippen molar-refractivity contribution in [3.63, 3.8) is 0 Å². The number of aryl methyl sites for hydroxylation is 2. The Morgan fingerprint density at radius 1 is 1.17 bits per heavy atom. The first kappa shape index (κ1) is 23.4. The molecule has 2 heterocycles. The fourth-order valence-corrected chi connectivity index (χ4v) is 3.70. The second-order valence-corrected chi connectivity index (χ2v) is 7.07. The molecule has 0 radical (unpaired) electrons. The van der Waals surface area contributed by atoms with Crippen LogP contribution in [0.2, 0.25) is 0 Å². The topological polar surface area (TPSA) is 48.7 Å². The normalized spacial score (nSPS) is 14.8. The van der Waals surface area contributed by atoms with Gasteiger partial charge in [-0.1, -0.05) is 0 Å². The Morgan fingerprint density at radius 2 is 1.86 bits per heavy atom. The van der Waals surface area contributed by atoms with Gasteiger partial charge < -0.3 is 15.1 Å². The molecule has 3 rings (SSSR count). The zero-order chi connectivity index (χ0) is 20.3. The number of benzene rings is 1. The number of guanidine groups is 1. The molecule has 9 heteroatoms. The highest BCUT2D eigenvalue weighted by Crippen LogP contribution is 2.22. The Morgan fingerprint density at radius 3 is 2.45 bits per heavy atom. The van der Waals surface area contributed by atoms with E-state index >= 15 is 0 Å². The zero-order valence-electron chi connectivity index (χ0n) is 17.4. The lowest BCUT2D eigenvalue weighted by atomic mass is 10.1. The van der Waals surface area contributed by atoms with Crippen LogP contribution in [-0.4, -0.2) is 60.4 Å². The van der Waals surface area contributed by atoms with Crippen molar-refractivity contribution in [1.29, 1.82) is 0 Å². The third-order valence-corrected chi connectivity index (χ3v) is 5.36. The Hall–Kier alpha value is -1.91. The molecule has 0 saturated carbocycles. The van der Waals surface area contributed by atoms with Gasteiger partial charge in [-0.15, -0.1) is 24.0 Å². The predicted octanol–water partition coefficient (Wildman–Crippen LogP) is 2.87. The van der Waals surface area contributed by atoms with Crippen LogP contribution < -0.4 is 10.2 Å². The maximum absolute atomic E-state index is 14.0. The second-order valence-electron chi connectivity index (χ2n) is 7.07. The molecule has 1 aromatic carbocycles. The summed E-state index contributed by atoms with van der Waals surface area (Å²) < 4.78 is 29.4. The van der Waals surface area contributed by atoms with Crippen LogP contribution >= 0.6 is 24.0 Å². The highest BCUT2D eigenvalue weighted by atomic mass is 127. The predicted molar refractivity (Wildman–Crippen MR) is 123 cm³/mol. The van der Waals surface area contributed by atoms with Crippen molar-refractivity contribution < 1.29 is 8.78 Å². The minimum Gasteiger partial charge on any atom is -0.366 e. The third-order valence-electron chi connectivity index (χ3n) is 5.36. The molecule has 1 aliphatic rings. The van der Waals surface area contributed by atoms with Crippen LogP contribution in [0.5, 0.6) is 0 Å². The molecule has 29 heavy (non-hydrogen) atoms. The van der Waals surface area contributed by atoms with E-state index in [1.807, 2.05) is 23.6 Å². The van der Waals surface area contributed by atoms with Crippen LogP contribution in [0.15, 0.2) is 23.2 Å². The average molecular weight is 518 g/mol. The van der Waals surface area contributed by atoms with Crippen molar-refractivity contribution in [2.24, 2.45) is 12.0 Å². The van der Waals surface area contributed by atoms with Crippen molar-refractivity contribution >= 4 is 35.6 Å². The van der Waals surface area contributed by atoms with Crippen LogP contribution in [0.25, 0.3) is 0 Å². The highest BCUT2D eigenvalue weighted by Gasteiger charge is 2.22. The number of rotatable bonds is 4. The number of anilines is 1. The van der Waals surface area contributed by atoms with E-state index < -0.39 is 5.82 Å². The molecular formula is C20H29F2IN6. The van der Waals surface area contributed by atoms with Gasteiger partial charge in [0.2, 0.25) is 0 Å². The van der Waals surface area contributed by atoms with Crippen LogP contribution in [0.4, 0.5) is 14.5 Å². The minimum absolute atomic E-state index is 0. The summed E-state index contributed by atoms with van der Waals surface area (Å²) >= 11 is 0. The van der Waals surface area contributed by atoms with Gasteiger partial charge in [-0.25, -0.2) is 8.78 Å². The number of nitrogens with one attached hydrogen (secondary N) is 1. The van der Waals surface area contributed by atoms with Gasteiger partial charge in [-0.3, -0.25) is 9.67 Å². The van der Waals surface area contributed by atoms with Crippen LogP contribution in [-0.2, 0) is 13.5 Å². The lowest BCUT2D eigenvalue weighted by Crippen LogP contribution is -2.53. The molecule has 0 unspecified atom stereocenters. The summed E-state index contributed by atoms with van der Waals surface area (Å²) in [7, 11) is 3.72. The summed E-state index contributed by atoms with van der Waals surface area (Å²) in [4.78, 5) is 8.41. The van der Waals surface area contributed by atoms with Gasteiger partial charge in [0.05, 0.1) is 11.4 Å². The number of halogens is 3. The summed E-state index contributed by atoms with van der Waals surface area (Å²) in [5, 5.41) is 7.87. The average Bonchev–Trinajstić information content (AvgIpc) is 2.93. The molecule has 0 aliphatic carbocycles. The van der Waals surface area contributed by atoms with E-state index in [0.29, 0.717) is 31.9 Å². The van der Waals surface area contributed by atoms with Gasteiger partial charge in [0.25, 0.3) is 0 Å². The lowest BCUT2D eigenvalue weighted by molar-refractivity contribution is 0.371. The van der Waals surface area contributed by atoms with Crippen LogP contribution in [0.1, 0.15) is 17.0 Å². The second kappa shape index (κ2) is 10.2. The van der Waals surface area contributed by atoms with E-state index in [1.165, 1.54) is 23.4 Å². The molecule has 6 nitrogen and oxygen atoms in total. The van der Waals surface area contributed by atoms with Crippen molar-refractivity contribution in [2.45, 2.75) is 20.3 Å². The SMILES string of the molecule is CN=C(NCCc1c(C)nn(C)c1C)N1CCN(c2cc(F)ccc2F)CC1.I. The quantitative estimate of drug-likeness (QED) is 0.385. The zero-order valence-corrected chi connectivity index (χ0v) is 19.7. The minimum atomic E-state index is -0.419. The molecule has 1 aromatic heterocycles. The molecule has 0 spiro atoms. The van der Waals surface area contributed by atoms with Gasteiger partial charge in [0, 0.05) is 58.6 Å². The summed E-state index contributed by atoms with van der Waals surface area (Å²) in [6.07, 6.45) is 0.874. The summed E-state index contributed by atoms with van der Waals surface area (Å²) in [6.45, 7) is 7.49. The van der Waals surface area contributed by atoms with Gasteiger partial charge in [0.1, 0.15) is 11.6 Å². The Kier molecular flexibility index (Phi) is 8.23. The molecule has 1 saturated heterocycles. The highest BCUT2D eigenvalue weighted by molar-refractivity contribution is 14.0. The van der Waals surface area contributed by atoms with E-state index in [2.05, 4.69) is 27.2 Å². The van der Waals surface area contributed by atoms with Gasteiger partial charge in [-0.2, -0.15) is 5.10 Å². The first-order valence-corrected chi connectivity index (χ1v) is 9.55. The number of piperazine rings is 1. The summed E-state index contributed by atoms with van der Waals surface area (Å²) in [5.41, 5.74) is 3.82. The van der Waals surface area contributed by atoms with Gasteiger partial charge >= 0.3 is 0 Å². The lowest BCUT2D eigenvalue weighted by Gasteiger charge is -2.37. The maximum atomic E-state index is 14.0. The molecule has 1 N–H and O–H groups in total. The standard InChI is InChI=1S/C20H28F2N6.HI/c1-14-17(15(2)26(4)25-14)7-8-24-20(23-3)28-11-9-27(10-12-28)19-13-16(21)5-6-18(19)22;/h5-6,13H,7-12H2,1-4H3,(H,23,24);1H. The molecule has 160 valence electrons. The van der Waals surface area contributed by atoms with E-state index in [4.69, 9.17) is 0 Å². The van der Waals surface area contributed by atoms with Crippen molar-refractivity contribution in [3.05, 3.63) is 46.8 Å². The molecule has 0 bridgehead atoms. The van der Waals surface area contributed by atoms with Gasteiger partial charge in [-0.05, 0) is 38.0 Å². The van der Waals surface area contributed by atoms with Crippen molar-refractivity contribution in [1.82, 2.24) is 20.0 Å². The number of aromatic nitrogens is 2. The fraction of sp³-hybridized carbons (Fsp3) is 0.500. The van der Waals surface area contributed by atoms with Crippen LogP contribution in [0.3, 0.4) is 0 Å². The van der Waals surface area contributed by atoms with E-state index in [-0.39, 0.29) is 29.8 Å². The Bertz CT molecular complexity index is 859. The summed E-state index contributed by atoms with van der Waals surface area (Å²) in [6, 6.07) is 3.59. The van der Waals surface area contributed by atoms with E-state index in [9.17, 15) is 8.78 Å². The van der Waals surface area contributed by atoms with E-state index in [0.717, 1.165) is 30.7 Å². The van der Waals surface area contributed by atoms with Crippen molar-refractivity contribution in [2.75, 3.05) is 44.7 Å². The smallest absolute Gasteiger partial charge is 0.193 e. The number of aliphatic imine (C=N–C) groups is 1. The fourth-order valence-electron chi connectivity index (χ4n) is 3.70. The molecule has 2 aromatic rings. The maximum Gasteiger partial charge on any atom is 0.193 e. The first-order valence-electron chi connectivity index (χ1n) is 9.55. The van der Waals surface area contributed by atoms with Gasteiger partial charge in [0.15, 0.2) is 5.96 Å². The monoisotopic (exact) mass is 518 g/mol. The largest absolute Gasteiger partial charge is 0.366 e. The number of nitrogens with zero attached hydrogens (tertiary/aromatic N) is 5. The Labute approximate surface area is 188 Å². The molecule has 0 atom stereocenters. The molecule has 1 aliphatic heterocycles.